The van der Waals surface area contributed by atoms with Gasteiger partial charge in [0.15, 0.2) is 0 Å². The molecule has 1 aliphatic rings. The van der Waals surface area contributed by atoms with E-state index >= 15 is 0 Å². The van der Waals surface area contributed by atoms with Gasteiger partial charge in [-0.15, -0.1) is 0 Å². The first-order chi connectivity index (χ1) is 11.3. The highest BCUT2D eigenvalue weighted by Gasteiger charge is 2.09. The molecule has 2 aromatic rings. The summed E-state index contributed by atoms with van der Waals surface area (Å²) in [5, 5.41) is 5.28. The standard InChI is InChI=1S/C19H22N2O2/c22-19(20-10-11-21-12-14-23-15-13-21)9-8-17-6-3-5-16-4-1-2-7-18(16)17/h1-9H,10-15H2,(H,20,22). The summed E-state index contributed by atoms with van der Waals surface area (Å²) in [6.07, 6.45) is 3.49. The Labute approximate surface area is 136 Å². The second kappa shape index (κ2) is 7.90. The SMILES string of the molecule is O=C(C=Cc1cccc2ccccc12)NCCN1CCOCC1. The van der Waals surface area contributed by atoms with Crippen LogP contribution in [-0.4, -0.2) is 50.2 Å². The molecule has 4 nitrogen and oxygen atoms in total. The van der Waals surface area contributed by atoms with Crippen molar-refractivity contribution in [1.82, 2.24) is 10.2 Å². The summed E-state index contributed by atoms with van der Waals surface area (Å²) in [5.74, 6) is -0.0498. The molecule has 3 rings (SSSR count). The van der Waals surface area contributed by atoms with Gasteiger partial charge in [0.05, 0.1) is 13.2 Å². The molecule has 1 aliphatic heterocycles. The fourth-order valence-electron chi connectivity index (χ4n) is 2.78. The Balaban J connectivity index is 1.53. The third-order valence-corrected chi connectivity index (χ3v) is 4.07. The third-order valence-electron chi connectivity index (χ3n) is 4.07. The van der Waals surface area contributed by atoms with E-state index in [-0.39, 0.29) is 5.91 Å². The zero-order chi connectivity index (χ0) is 15.9. The normalized spacial score (nSPS) is 16.0. The molecule has 120 valence electrons. The van der Waals surface area contributed by atoms with Crippen LogP contribution in [0.25, 0.3) is 16.8 Å². The molecule has 1 heterocycles. The Morgan fingerprint density at radius 3 is 2.78 bits per heavy atom. The van der Waals surface area contributed by atoms with Crippen LogP contribution in [-0.2, 0) is 9.53 Å². The highest BCUT2D eigenvalue weighted by molar-refractivity contribution is 5.96. The molecule has 1 fully saturated rings. The van der Waals surface area contributed by atoms with E-state index < -0.39 is 0 Å². The lowest BCUT2D eigenvalue weighted by molar-refractivity contribution is -0.116. The van der Waals surface area contributed by atoms with Crippen LogP contribution in [0.3, 0.4) is 0 Å². The maximum Gasteiger partial charge on any atom is 0.244 e. The predicted molar refractivity (Wildman–Crippen MR) is 93.3 cm³/mol. The topological polar surface area (TPSA) is 41.6 Å². The van der Waals surface area contributed by atoms with Gasteiger partial charge in [0.1, 0.15) is 0 Å². The molecule has 0 radical (unpaired) electrons. The second-order valence-electron chi connectivity index (χ2n) is 5.65. The Bertz CT molecular complexity index is 685. The highest BCUT2D eigenvalue weighted by Crippen LogP contribution is 2.19. The molecular formula is C19H22N2O2. The van der Waals surface area contributed by atoms with Crippen molar-refractivity contribution < 1.29 is 9.53 Å². The molecule has 0 aromatic heterocycles. The summed E-state index contributed by atoms with van der Waals surface area (Å²) in [4.78, 5) is 14.3. The number of hydrogen-bond donors (Lipinski definition) is 1. The molecule has 0 bridgehead atoms. The molecule has 1 saturated heterocycles. The third kappa shape index (κ3) is 4.41. The largest absolute Gasteiger partial charge is 0.379 e. The Morgan fingerprint density at radius 1 is 1.13 bits per heavy atom. The maximum atomic E-state index is 12.0. The monoisotopic (exact) mass is 310 g/mol. The van der Waals surface area contributed by atoms with Crippen LogP contribution >= 0.6 is 0 Å². The number of nitrogens with zero attached hydrogens (tertiary/aromatic N) is 1. The molecule has 1 amide bonds. The molecule has 0 saturated carbocycles. The number of carbonyl (C=O) groups excluding carboxylic acids is 1. The van der Waals surface area contributed by atoms with Crippen molar-refractivity contribution in [2.45, 2.75) is 0 Å². The summed E-state index contributed by atoms with van der Waals surface area (Å²) in [5.41, 5.74) is 1.06. The Kier molecular flexibility index (Phi) is 5.40. The van der Waals surface area contributed by atoms with E-state index in [1.807, 2.05) is 30.3 Å². The predicted octanol–water partition coefficient (Wildman–Crippen LogP) is 2.30. The second-order valence-corrected chi connectivity index (χ2v) is 5.65. The first-order valence-electron chi connectivity index (χ1n) is 8.07. The number of fused-ring (bicyclic) bond motifs is 1. The van der Waals surface area contributed by atoms with E-state index in [9.17, 15) is 4.79 Å². The molecule has 0 atom stereocenters. The van der Waals surface area contributed by atoms with Crippen molar-refractivity contribution in [2.24, 2.45) is 0 Å². The zero-order valence-corrected chi connectivity index (χ0v) is 13.2. The van der Waals surface area contributed by atoms with Gasteiger partial charge in [-0.3, -0.25) is 9.69 Å². The van der Waals surface area contributed by atoms with E-state index in [2.05, 4.69) is 28.4 Å². The minimum absolute atomic E-state index is 0.0498. The number of amides is 1. The highest BCUT2D eigenvalue weighted by atomic mass is 16.5. The molecule has 2 aromatic carbocycles. The van der Waals surface area contributed by atoms with Crippen molar-refractivity contribution >= 4 is 22.8 Å². The van der Waals surface area contributed by atoms with E-state index in [1.54, 1.807) is 6.08 Å². The molecule has 0 aliphatic carbocycles. The van der Waals surface area contributed by atoms with E-state index in [4.69, 9.17) is 4.74 Å². The van der Waals surface area contributed by atoms with Gasteiger partial charge >= 0.3 is 0 Å². The van der Waals surface area contributed by atoms with Crippen LogP contribution in [0, 0.1) is 0 Å². The van der Waals surface area contributed by atoms with Crippen molar-refractivity contribution in [3.05, 3.63) is 54.1 Å². The van der Waals surface area contributed by atoms with Crippen molar-refractivity contribution in [1.29, 1.82) is 0 Å². The first kappa shape index (κ1) is 15.7. The lowest BCUT2D eigenvalue weighted by atomic mass is 10.0. The minimum atomic E-state index is -0.0498. The molecule has 0 spiro atoms. The summed E-state index contributed by atoms with van der Waals surface area (Å²) in [7, 11) is 0. The fourth-order valence-corrected chi connectivity index (χ4v) is 2.78. The average molecular weight is 310 g/mol. The minimum Gasteiger partial charge on any atom is -0.379 e. The van der Waals surface area contributed by atoms with Crippen LogP contribution in [0.15, 0.2) is 48.5 Å². The smallest absolute Gasteiger partial charge is 0.244 e. The lowest BCUT2D eigenvalue weighted by Crippen LogP contribution is -2.41. The van der Waals surface area contributed by atoms with Crippen LogP contribution < -0.4 is 5.32 Å². The van der Waals surface area contributed by atoms with E-state index in [0.717, 1.165) is 43.8 Å². The van der Waals surface area contributed by atoms with E-state index in [1.165, 1.54) is 5.39 Å². The van der Waals surface area contributed by atoms with Crippen molar-refractivity contribution in [3.8, 4) is 0 Å². The molecule has 1 N–H and O–H groups in total. The maximum absolute atomic E-state index is 12.0. The van der Waals surface area contributed by atoms with Gasteiger partial charge in [-0.2, -0.15) is 0 Å². The number of rotatable bonds is 5. The summed E-state index contributed by atoms with van der Waals surface area (Å²) in [6.45, 7) is 5.00. The number of benzene rings is 2. The van der Waals surface area contributed by atoms with Gasteiger partial charge in [0, 0.05) is 32.3 Å². The van der Waals surface area contributed by atoms with Gasteiger partial charge in [0.2, 0.25) is 5.91 Å². The number of morpholine rings is 1. The van der Waals surface area contributed by atoms with E-state index in [0.29, 0.717) is 6.54 Å². The first-order valence-corrected chi connectivity index (χ1v) is 8.07. The Hall–Kier alpha value is -2.17. The van der Waals surface area contributed by atoms with Gasteiger partial charge < -0.3 is 10.1 Å². The molecular weight excluding hydrogens is 288 g/mol. The average Bonchev–Trinajstić information content (AvgIpc) is 2.61. The molecule has 0 unspecified atom stereocenters. The lowest BCUT2D eigenvalue weighted by Gasteiger charge is -2.26. The summed E-state index contributed by atoms with van der Waals surface area (Å²) >= 11 is 0. The number of nitrogens with one attached hydrogen (secondary N) is 1. The quantitative estimate of drug-likeness (QED) is 0.862. The molecule has 23 heavy (non-hydrogen) atoms. The Morgan fingerprint density at radius 2 is 1.91 bits per heavy atom. The van der Waals surface area contributed by atoms with Gasteiger partial charge in [-0.05, 0) is 22.4 Å². The fraction of sp³-hybridized carbons (Fsp3) is 0.316. The van der Waals surface area contributed by atoms with Crippen LogP contribution in [0.2, 0.25) is 0 Å². The van der Waals surface area contributed by atoms with Crippen LogP contribution in [0.1, 0.15) is 5.56 Å². The van der Waals surface area contributed by atoms with Crippen LogP contribution in [0.4, 0.5) is 0 Å². The number of hydrogen-bond acceptors (Lipinski definition) is 3. The van der Waals surface area contributed by atoms with Gasteiger partial charge in [-0.25, -0.2) is 0 Å². The number of ether oxygens (including phenoxy) is 1. The summed E-state index contributed by atoms with van der Waals surface area (Å²) < 4.78 is 5.31. The van der Waals surface area contributed by atoms with Crippen molar-refractivity contribution in [2.75, 3.05) is 39.4 Å². The molecule has 4 heteroatoms. The van der Waals surface area contributed by atoms with Crippen LogP contribution in [0.5, 0.6) is 0 Å². The number of carbonyl (C=O) groups is 1. The van der Waals surface area contributed by atoms with Gasteiger partial charge in [0.25, 0.3) is 0 Å². The van der Waals surface area contributed by atoms with Gasteiger partial charge in [-0.1, -0.05) is 42.5 Å². The summed E-state index contributed by atoms with van der Waals surface area (Å²) in [6, 6.07) is 14.3. The van der Waals surface area contributed by atoms with Crippen molar-refractivity contribution in [3.63, 3.8) is 0 Å². The zero-order valence-electron chi connectivity index (χ0n) is 13.2.